The Morgan fingerprint density at radius 2 is 2.00 bits per heavy atom. The first-order valence-electron chi connectivity index (χ1n) is 12.1. The second-order valence-corrected chi connectivity index (χ2v) is 9.38. The van der Waals surface area contributed by atoms with Gasteiger partial charge in [-0.3, -0.25) is 14.2 Å². The summed E-state index contributed by atoms with van der Waals surface area (Å²) >= 11 is 6.22. The van der Waals surface area contributed by atoms with Crippen molar-refractivity contribution in [3.8, 4) is 22.6 Å². The van der Waals surface area contributed by atoms with Crippen LogP contribution in [0.4, 0.5) is 24.7 Å². The number of alkyl halides is 3. The van der Waals surface area contributed by atoms with E-state index in [4.69, 9.17) is 22.1 Å². The number of hydrogen-bond donors (Lipinski definition) is 3. The van der Waals surface area contributed by atoms with Gasteiger partial charge in [0.15, 0.2) is 5.69 Å². The highest BCUT2D eigenvalue weighted by Crippen LogP contribution is 2.36. The molecule has 0 aliphatic rings. The van der Waals surface area contributed by atoms with E-state index < -0.39 is 29.4 Å². The largest absolute Gasteiger partial charge is 0.495 e. The van der Waals surface area contributed by atoms with E-state index in [0.717, 1.165) is 10.9 Å². The summed E-state index contributed by atoms with van der Waals surface area (Å²) in [7, 11) is 1.36. The molecule has 11 nitrogen and oxygen atoms in total. The molecule has 1 aromatic carbocycles. The number of aromatic amines is 1. The second kappa shape index (κ2) is 10.6. The predicted molar refractivity (Wildman–Crippen MR) is 146 cm³/mol. The fourth-order valence-electron chi connectivity index (χ4n) is 4.48. The summed E-state index contributed by atoms with van der Waals surface area (Å²) < 4.78 is 47.2. The van der Waals surface area contributed by atoms with E-state index >= 15 is 0 Å². The van der Waals surface area contributed by atoms with E-state index in [9.17, 15) is 22.8 Å². The van der Waals surface area contributed by atoms with Crippen LogP contribution in [0.25, 0.3) is 27.7 Å². The number of ether oxygens (including phenoxy) is 1. The number of fused-ring (bicyclic) bond motifs is 1. The highest BCUT2D eigenvalue weighted by molar-refractivity contribution is 6.31. The fraction of sp³-hybridized carbons (Fsp3) is 0.192. The van der Waals surface area contributed by atoms with Gasteiger partial charge in [0.2, 0.25) is 5.91 Å². The third-order valence-corrected chi connectivity index (χ3v) is 6.69. The second-order valence-electron chi connectivity index (χ2n) is 8.94. The minimum atomic E-state index is -4.70. The van der Waals surface area contributed by atoms with Gasteiger partial charge in [0.25, 0.3) is 5.56 Å². The van der Waals surface area contributed by atoms with Crippen LogP contribution in [0.2, 0.25) is 5.02 Å². The molecule has 0 spiro atoms. The van der Waals surface area contributed by atoms with Crippen LogP contribution in [0.15, 0.2) is 59.9 Å². The zero-order valence-electron chi connectivity index (χ0n) is 21.5. The quantitative estimate of drug-likeness (QED) is 0.248. The molecular weight excluding hydrogens is 565 g/mol. The molecule has 5 aromatic rings. The standard InChI is InChI=1S/C26H22ClF3N8O3/c1-3-18(25(40)34-17-10-33-23-14(17)6-7-32-24(23)31)37-11-20(41-2)16(9-22(37)39)15-8-13(27)4-5-19(15)38-12-21(35-36-38)26(28,29)30/h4-12,18,33H,3H2,1-2H3,(H2,31,32)(H,34,40). The maximum Gasteiger partial charge on any atom is 0.436 e. The maximum atomic E-state index is 13.4. The van der Waals surface area contributed by atoms with E-state index in [1.54, 1.807) is 19.2 Å². The smallest absolute Gasteiger partial charge is 0.436 e. The van der Waals surface area contributed by atoms with Crippen molar-refractivity contribution in [3.63, 3.8) is 0 Å². The lowest BCUT2D eigenvalue weighted by molar-refractivity contribution is -0.141. The van der Waals surface area contributed by atoms with E-state index in [1.165, 1.54) is 48.3 Å². The number of aromatic nitrogens is 6. The van der Waals surface area contributed by atoms with Crippen LogP contribution in [0.3, 0.4) is 0 Å². The first-order valence-corrected chi connectivity index (χ1v) is 12.5. The number of nitrogen functional groups attached to an aromatic ring is 1. The Bertz CT molecular complexity index is 1830. The van der Waals surface area contributed by atoms with Gasteiger partial charge in [-0.2, -0.15) is 13.2 Å². The van der Waals surface area contributed by atoms with Crippen LogP contribution in [0.1, 0.15) is 25.1 Å². The first kappa shape index (κ1) is 27.7. The molecule has 4 aromatic heterocycles. The lowest BCUT2D eigenvalue weighted by atomic mass is 10.0. The molecule has 0 bridgehead atoms. The zero-order chi connectivity index (χ0) is 29.5. The summed E-state index contributed by atoms with van der Waals surface area (Å²) in [5.41, 5.74) is 5.82. The molecule has 1 unspecified atom stereocenters. The minimum absolute atomic E-state index is 0.168. The van der Waals surface area contributed by atoms with Crippen LogP contribution in [-0.4, -0.2) is 42.5 Å². The maximum absolute atomic E-state index is 13.4. The van der Waals surface area contributed by atoms with Gasteiger partial charge < -0.3 is 20.8 Å². The molecular formula is C26H22ClF3N8O3. The van der Waals surface area contributed by atoms with Crippen molar-refractivity contribution in [3.05, 3.63) is 76.2 Å². The van der Waals surface area contributed by atoms with Gasteiger partial charge >= 0.3 is 6.18 Å². The molecule has 0 radical (unpaired) electrons. The first-order chi connectivity index (χ1) is 19.5. The topological polar surface area (TPSA) is 146 Å². The molecule has 0 aliphatic heterocycles. The van der Waals surface area contributed by atoms with E-state index in [-0.39, 0.29) is 39.8 Å². The van der Waals surface area contributed by atoms with Gasteiger partial charge in [0.05, 0.1) is 36.4 Å². The van der Waals surface area contributed by atoms with Crippen molar-refractivity contribution in [2.24, 2.45) is 0 Å². The Balaban J connectivity index is 1.54. The number of halogens is 4. The molecule has 212 valence electrons. The summed E-state index contributed by atoms with van der Waals surface area (Å²) in [4.78, 5) is 33.7. The lowest BCUT2D eigenvalue weighted by Gasteiger charge is -2.20. The molecule has 41 heavy (non-hydrogen) atoms. The predicted octanol–water partition coefficient (Wildman–Crippen LogP) is 4.83. The number of anilines is 2. The molecule has 0 fully saturated rings. The van der Waals surface area contributed by atoms with Crippen molar-refractivity contribution in [2.75, 3.05) is 18.2 Å². The van der Waals surface area contributed by atoms with Crippen molar-refractivity contribution >= 4 is 39.9 Å². The van der Waals surface area contributed by atoms with E-state index in [0.29, 0.717) is 16.6 Å². The molecule has 1 atom stereocenters. The number of nitrogens with zero attached hydrogens (tertiary/aromatic N) is 5. The van der Waals surface area contributed by atoms with Crippen LogP contribution in [0.5, 0.6) is 5.75 Å². The summed E-state index contributed by atoms with van der Waals surface area (Å²) in [5, 5.41) is 10.5. The molecule has 0 saturated carbocycles. The van der Waals surface area contributed by atoms with Gasteiger partial charge in [-0.1, -0.05) is 23.7 Å². The Morgan fingerprint density at radius 3 is 2.68 bits per heavy atom. The number of nitrogens with two attached hydrogens (primary N) is 1. The van der Waals surface area contributed by atoms with Gasteiger partial charge in [0, 0.05) is 40.0 Å². The lowest BCUT2D eigenvalue weighted by Crippen LogP contribution is -2.32. The average molecular weight is 587 g/mol. The average Bonchev–Trinajstić information content (AvgIpc) is 3.59. The van der Waals surface area contributed by atoms with E-state index in [1.807, 2.05) is 0 Å². The normalized spacial score (nSPS) is 12.4. The Hall–Kier alpha value is -4.85. The fourth-order valence-corrected chi connectivity index (χ4v) is 4.66. The molecule has 0 saturated heterocycles. The van der Waals surface area contributed by atoms with Gasteiger partial charge in [-0.05, 0) is 30.7 Å². The van der Waals surface area contributed by atoms with Gasteiger partial charge in [-0.25, -0.2) is 9.67 Å². The SMILES string of the molecule is CCC(C(=O)Nc1c[nH]c2c(N)nccc12)n1cc(OC)c(-c2cc(Cl)ccc2-n2cc(C(F)(F)F)nn2)cc1=O. The molecule has 0 aliphatic carbocycles. The minimum Gasteiger partial charge on any atom is -0.495 e. The Labute approximate surface area is 234 Å². The molecule has 4 N–H and O–H groups in total. The van der Waals surface area contributed by atoms with Gasteiger partial charge in [-0.15, -0.1) is 5.10 Å². The van der Waals surface area contributed by atoms with Crippen molar-refractivity contribution < 1.29 is 22.7 Å². The third-order valence-electron chi connectivity index (χ3n) is 6.46. The summed E-state index contributed by atoms with van der Waals surface area (Å²) in [6.45, 7) is 1.74. The highest BCUT2D eigenvalue weighted by Gasteiger charge is 2.35. The van der Waals surface area contributed by atoms with Crippen LogP contribution in [-0.2, 0) is 11.0 Å². The van der Waals surface area contributed by atoms with Crippen molar-refractivity contribution in [1.82, 2.24) is 29.5 Å². The third kappa shape index (κ3) is 5.20. The number of amides is 1. The highest BCUT2D eigenvalue weighted by atomic mass is 35.5. The Kier molecular flexibility index (Phi) is 7.17. The number of rotatable bonds is 7. The van der Waals surface area contributed by atoms with Gasteiger partial charge in [0.1, 0.15) is 17.6 Å². The van der Waals surface area contributed by atoms with Crippen molar-refractivity contribution in [2.45, 2.75) is 25.6 Å². The number of methoxy groups -OCH3 is 1. The van der Waals surface area contributed by atoms with Crippen LogP contribution in [0, 0.1) is 0 Å². The summed E-state index contributed by atoms with van der Waals surface area (Å²) in [6, 6.07) is 6.37. The number of carbonyl (C=O) groups excluding carboxylic acids is 1. The van der Waals surface area contributed by atoms with Crippen molar-refractivity contribution in [1.29, 1.82) is 0 Å². The number of pyridine rings is 2. The van der Waals surface area contributed by atoms with Crippen LogP contribution < -0.4 is 21.3 Å². The zero-order valence-corrected chi connectivity index (χ0v) is 22.3. The molecule has 4 heterocycles. The number of hydrogen-bond acceptors (Lipinski definition) is 7. The Morgan fingerprint density at radius 1 is 1.22 bits per heavy atom. The number of H-pyrrole nitrogens is 1. The number of nitrogens with one attached hydrogen (secondary N) is 2. The number of carbonyl (C=O) groups is 1. The molecule has 5 rings (SSSR count). The van der Waals surface area contributed by atoms with Crippen LogP contribution >= 0.6 is 11.6 Å². The number of benzene rings is 1. The summed E-state index contributed by atoms with van der Waals surface area (Å²) in [5.74, 6) is -0.0274. The summed E-state index contributed by atoms with van der Waals surface area (Å²) in [6.07, 6.45) is 0.744. The molecule has 15 heteroatoms. The molecule has 1 amide bonds. The monoisotopic (exact) mass is 586 g/mol. The van der Waals surface area contributed by atoms with E-state index in [2.05, 4.69) is 25.6 Å².